The van der Waals surface area contributed by atoms with E-state index in [4.69, 9.17) is 9.26 Å². The zero-order valence-corrected chi connectivity index (χ0v) is 12.2. The highest BCUT2D eigenvalue weighted by molar-refractivity contribution is 5.53. The highest BCUT2D eigenvalue weighted by Crippen LogP contribution is 2.27. The molecule has 20 heavy (non-hydrogen) atoms. The zero-order valence-electron chi connectivity index (χ0n) is 12.2. The Labute approximate surface area is 119 Å². The first-order chi connectivity index (χ1) is 9.54. The number of rotatable bonds is 2. The summed E-state index contributed by atoms with van der Waals surface area (Å²) in [6.07, 6.45) is 0.974. The number of ether oxygens (including phenoxy) is 1. The van der Waals surface area contributed by atoms with Crippen LogP contribution in [-0.2, 0) is 10.2 Å². The van der Waals surface area contributed by atoms with Gasteiger partial charge >= 0.3 is 0 Å². The van der Waals surface area contributed by atoms with Crippen LogP contribution in [0.5, 0.6) is 0 Å². The first kappa shape index (κ1) is 13.3. The first-order valence-corrected chi connectivity index (χ1v) is 7.06. The molecule has 106 valence electrons. The lowest BCUT2D eigenvalue weighted by Crippen LogP contribution is -2.10. The van der Waals surface area contributed by atoms with Gasteiger partial charge in [-0.25, -0.2) is 0 Å². The molecule has 3 rings (SSSR count). The summed E-state index contributed by atoms with van der Waals surface area (Å²) in [6, 6.07) is 8.34. The van der Waals surface area contributed by atoms with Crippen molar-refractivity contribution in [3.63, 3.8) is 0 Å². The third-order valence-corrected chi connectivity index (χ3v) is 3.73. The van der Waals surface area contributed by atoms with Gasteiger partial charge in [-0.15, -0.1) is 0 Å². The van der Waals surface area contributed by atoms with Gasteiger partial charge in [0.05, 0.1) is 6.61 Å². The summed E-state index contributed by atoms with van der Waals surface area (Å²) in [5.41, 5.74) is 2.42. The standard InChI is InChI=1S/C16H20N2O2/c1-16(2,3)13-6-4-11(5-7-13)15-17-14(18-20-15)12-8-9-19-10-12/h4-7,12H,8-10H2,1-3H3/t12-/m1/s1. The van der Waals surface area contributed by atoms with Gasteiger partial charge in [-0.05, 0) is 29.5 Å². The predicted octanol–water partition coefficient (Wildman–Crippen LogP) is 3.54. The van der Waals surface area contributed by atoms with E-state index in [1.54, 1.807) is 0 Å². The molecular formula is C16H20N2O2. The van der Waals surface area contributed by atoms with Crippen molar-refractivity contribution < 1.29 is 9.26 Å². The Balaban J connectivity index is 1.82. The van der Waals surface area contributed by atoms with Crippen LogP contribution in [0, 0.1) is 0 Å². The fourth-order valence-electron chi connectivity index (χ4n) is 2.37. The largest absolute Gasteiger partial charge is 0.381 e. The van der Waals surface area contributed by atoms with Crippen molar-refractivity contribution in [1.82, 2.24) is 10.1 Å². The number of nitrogens with zero attached hydrogens (tertiary/aromatic N) is 2. The number of benzene rings is 1. The molecule has 0 amide bonds. The van der Waals surface area contributed by atoms with Gasteiger partial charge in [-0.1, -0.05) is 38.1 Å². The fourth-order valence-corrected chi connectivity index (χ4v) is 2.37. The molecule has 0 unspecified atom stereocenters. The van der Waals surface area contributed by atoms with Gasteiger partial charge in [0.2, 0.25) is 0 Å². The molecule has 0 saturated carbocycles. The average molecular weight is 272 g/mol. The molecule has 1 aromatic carbocycles. The van der Waals surface area contributed by atoms with E-state index < -0.39 is 0 Å². The quantitative estimate of drug-likeness (QED) is 0.839. The van der Waals surface area contributed by atoms with Crippen molar-refractivity contribution in [3.8, 4) is 11.5 Å². The van der Waals surface area contributed by atoms with Gasteiger partial charge in [0, 0.05) is 18.1 Å². The van der Waals surface area contributed by atoms with Gasteiger partial charge in [-0.2, -0.15) is 4.98 Å². The van der Waals surface area contributed by atoms with Crippen LogP contribution in [0.3, 0.4) is 0 Å². The maximum atomic E-state index is 5.37. The van der Waals surface area contributed by atoms with Crippen LogP contribution < -0.4 is 0 Å². The highest BCUT2D eigenvalue weighted by atomic mass is 16.5. The topological polar surface area (TPSA) is 48.2 Å². The molecule has 1 aliphatic heterocycles. The molecule has 1 aromatic heterocycles. The monoisotopic (exact) mass is 272 g/mol. The van der Waals surface area contributed by atoms with Gasteiger partial charge in [-0.3, -0.25) is 0 Å². The summed E-state index contributed by atoms with van der Waals surface area (Å²) in [5.74, 6) is 1.63. The average Bonchev–Trinajstić information content (AvgIpc) is 3.09. The molecule has 0 N–H and O–H groups in total. The van der Waals surface area contributed by atoms with E-state index >= 15 is 0 Å². The molecule has 2 aromatic rings. The second kappa shape index (κ2) is 5.02. The number of hydrogen-bond donors (Lipinski definition) is 0. The summed E-state index contributed by atoms with van der Waals surface area (Å²) in [6.45, 7) is 8.09. The molecule has 0 aliphatic carbocycles. The molecule has 0 spiro atoms. The minimum atomic E-state index is 0.152. The normalized spacial score (nSPS) is 19.4. The highest BCUT2D eigenvalue weighted by Gasteiger charge is 2.23. The van der Waals surface area contributed by atoms with Crippen LogP contribution in [0.2, 0.25) is 0 Å². The summed E-state index contributed by atoms with van der Waals surface area (Å²) < 4.78 is 10.7. The molecule has 1 atom stereocenters. The van der Waals surface area contributed by atoms with E-state index in [0.717, 1.165) is 24.4 Å². The van der Waals surface area contributed by atoms with Crippen molar-refractivity contribution in [1.29, 1.82) is 0 Å². The van der Waals surface area contributed by atoms with E-state index in [9.17, 15) is 0 Å². The summed E-state index contributed by atoms with van der Waals surface area (Å²) in [4.78, 5) is 4.50. The van der Waals surface area contributed by atoms with Crippen molar-refractivity contribution in [2.75, 3.05) is 13.2 Å². The zero-order chi connectivity index (χ0) is 14.2. The molecule has 1 fully saturated rings. The van der Waals surface area contributed by atoms with Crippen LogP contribution in [0.4, 0.5) is 0 Å². The van der Waals surface area contributed by atoms with Crippen LogP contribution in [0.25, 0.3) is 11.5 Å². The third kappa shape index (κ3) is 2.61. The smallest absolute Gasteiger partial charge is 0.257 e. The molecular weight excluding hydrogens is 252 g/mol. The SMILES string of the molecule is CC(C)(C)c1ccc(-c2nc([C@@H]3CCOC3)no2)cc1. The van der Waals surface area contributed by atoms with Crippen LogP contribution in [-0.4, -0.2) is 23.4 Å². The van der Waals surface area contributed by atoms with E-state index in [-0.39, 0.29) is 11.3 Å². The van der Waals surface area contributed by atoms with Crippen molar-refractivity contribution in [3.05, 3.63) is 35.7 Å². The number of aromatic nitrogens is 2. The predicted molar refractivity (Wildman–Crippen MR) is 76.6 cm³/mol. The Kier molecular flexibility index (Phi) is 3.34. The Morgan fingerprint density at radius 2 is 1.90 bits per heavy atom. The van der Waals surface area contributed by atoms with Crippen LogP contribution in [0.15, 0.2) is 28.8 Å². The molecule has 0 bridgehead atoms. The first-order valence-electron chi connectivity index (χ1n) is 7.06. The van der Waals surface area contributed by atoms with E-state index in [0.29, 0.717) is 12.5 Å². The molecule has 4 heteroatoms. The van der Waals surface area contributed by atoms with Gasteiger partial charge in [0.15, 0.2) is 5.82 Å². The van der Waals surface area contributed by atoms with E-state index in [1.807, 2.05) is 12.1 Å². The van der Waals surface area contributed by atoms with E-state index in [2.05, 4.69) is 43.0 Å². The van der Waals surface area contributed by atoms with Crippen molar-refractivity contribution in [2.24, 2.45) is 0 Å². The van der Waals surface area contributed by atoms with Gasteiger partial charge in [0.1, 0.15) is 0 Å². The Bertz CT molecular complexity index is 575. The second-order valence-corrected chi connectivity index (χ2v) is 6.35. The lowest BCUT2D eigenvalue weighted by Gasteiger charge is -2.18. The molecule has 2 heterocycles. The molecule has 4 nitrogen and oxygen atoms in total. The second-order valence-electron chi connectivity index (χ2n) is 6.35. The maximum absolute atomic E-state index is 5.37. The summed E-state index contributed by atoms with van der Waals surface area (Å²) >= 11 is 0. The van der Waals surface area contributed by atoms with Crippen molar-refractivity contribution in [2.45, 2.75) is 38.5 Å². The van der Waals surface area contributed by atoms with Gasteiger partial charge < -0.3 is 9.26 Å². The lowest BCUT2D eigenvalue weighted by molar-refractivity contribution is 0.192. The maximum Gasteiger partial charge on any atom is 0.257 e. The molecule has 1 aliphatic rings. The molecule has 1 saturated heterocycles. The summed E-state index contributed by atoms with van der Waals surface area (Å²) in [5, 5.41) is 4.08. The van der Waals surface area contributed by atoms with Crippen LogP contribution >= 0.6 is 0 Å². The Morgan fingerprint density at radius 3 is 2.50 bits per heavy atom. The van der Waals surface area contributed by atoms with Gasteiger partial charge in [0.25, 0.3) is 5.89 Å². The van der Waals surface area contributed by atoms with Crippen LogP contribution in [0.1, 0.15) is 44.5 Å². The van der Waals surface area contributed by atoms with E-state index in [1.165, 1.54) is 5.56 Å². The molecule has 0 radical (unpaired) electrons. The van der Waals surface area contributed by atoms with Crippen molar-refractivity contribution >= 4 is 0 Å². The Morgan fingerprint density at radius 1 is 1.15 bits per heavy atom. The Hall–Kier alpha value is -1.68. The lowest BCUT2D eigenvalue weighted by atomic mass is 9.87. The third-order valence-electron chi connectivity index (χ3n) is 3.73. The number of hydrogen-bond acceptors (Lipinski definition) is 4. The fraction of sp³-hybridized carbons (Fsp3) is 0.500. The minimum absolute atomic E-state index is 0.152. The minimum Gasteiger partial charge on any atom is -0.381 e. The summed E-state index contributed by atoms with van der Waals surface area (Å²) in [7, 11) is 0.